The summed E-state index contributed by atoms with van der Waals surface area (Å²) >= 11 is 0. The molecule has 33 heavy (non-hydrogen) atoms. The van der Waals surface area contributed by atoms with Gasteiger partial charge < -0.3 is 10.2 Å². The molecule has 0 radical (unpaired) electrons. The third-order valence-corrected chi connectivity index (χ3v) is 7.07. The number of carbonyl (C=O) groups excluding carboxylic acids is 4. The van der Waals surface area contributed by atoms with E-state index >= 15 is 0 Å². The van der Waals surface area contributed by atoms with E-state index in [2.05, 4.69) is 41.4 Å². The van der Waals surface area contributed by atoms with E-state index in [9.17, 15) is 19.2 Å². The highest BCUT2D eigenvalue weighted by Crippen LogP contribution is 2.40. The van der Waals surface area contributed by atoms with Crippen molar-refractivity contribution in [2.75, 3.05) is 25.0 Å². The van der Waals surface area contributed by atoms with Crippen molar-refractivity contribution < 1.29 is 19.2 Å². The number of hydrogen-bond donors (Lipinski definition) is 2. The van der Waals surface area contributed by atoms with Gasteiger partial charge in [-0.25, -0.2) is 0 Å². The van der Waals surface area contributed by atoms with Crippen LogP contribution in [0.3, 0.4) is 0 Å². The van der Waals surface area contributed by atoms with E-state index < -0.39 is 11.9 Å². The number of hydrogen-bond acceptors (Lipinski definition) is 6. The number of nitrogens with zero attached hydrogens (tertiary/aromatic N) is 3. The summed E-state index contributed by atoms with van der Waals surface area (Å²) < 4.78 is 0. The van der Waals surface area contributed by atoms with Crippen LogP contribution in [-0.2, 0) is 9.59 Å². The van der Waals surface area contributed by atoms with Crippen molar-refractivity contribution in [2.45, 2.75) is 38.8 Å². The second-order valence-electron chi connectivity index (χ2n) is 9.53. The van der Waals surface area contributed by atoms with E-state index in [1.807, 2.05) is 0 Å². The maximum Gasteiger partial charge on any atom is 0.259 e. The minimum absolute atomic E-state index is 0.0401. The van der Waals surface area contributed by atoms with Crippen LogP contribution in [0, 0.1) is 11.8 Å². The lowest BCUT2D eigenvalue weighted by Crippen LogP contribution is -2.53. The second-order valence-corrected chi connectivity index (χ2v) is 9.53. The van der Waals surface area contributed by atoms with Crippen molar-refractivity contribution in [2.24, 2.45) is 11.8 Å². The minimum Gasteiger partial charge on any atom is -0.349 e. The normalized spacial score (nSPS) is 27.7. The van der Waals surface area contributed by atoms with Crippen molar-refractivity contribution in [3.8, 4) is 0 Å². The molecule has 3 aliphatic rings. The monoisotopic (exact) mass is 449 g/mol. The molecule has 2 N–H and O–H groups in total. The molecule has 0 bridgehead atoms. The van der Waals surface area contributed by atoms with Crippen LogP contribution in [0.5, 0.6) is 0 Å². The predicted octanol–water partition coefficient (Wildman–Crippen LogP) is 1.32. The third kappa shape index (κ3) is 3.47. The topological polar surface area (TPSA) is 112 Å². The molecule has 1 aromatic carbocycles. The first kappa shape index (κ1) is 21.5. The number of aromatic nitrogens is 1. The van der Waals surface area contributed by atoms with Gasteiger partial charge in [0.15, 0.2) is 0 Å². The van der Waals surface area contributed by atoms with Crippen molar-refractivity contribution in [3.05, 3.63) is 35.5 Å². The highest BCUT2D eigenvalue weighted by atomic mass is 16.2. The van der Waals surface area contributed by atoms with E-state index in [4.69, 9.17) is 0 Å². The zero-order chi connectivity index (χ0) is 23.4. The van der Waals surface area contributed by atoms with Crippen molar-refractivity contribution in [3.63, 3.8) is 0 Å². The Labute approximate surface area is 191 Å². The maximum absolute atomic E-state index is 13.3. The van der Waals surface area contributed by atoms with E-state index in [1.54, 1.807) is 24.4 Å². The van der Waals surface area contributed by atoms with Crippen molar-refractivity contribution in [1.82, 2.24) is 20.5 Å². The summed E-state index contributed by atoms with van der Waals surface area (Å²) in [6.07, 6.45) is 1.98. The molecule has 4 amide bonds. The Bertz CT molecular complexity index is 1180. The number of amides is 4. The minimum atomic E-state index is -0.772. The van der Waals surface area contributed by atoms with Crippen LogP contribution >= 0.6 is 0 Å². The number of piperidine rings is 2. The summed E-state index contributed by atoms with van der Waals surface area (Å²) in [5, 5.41) is 6.09. The summed E-state index contributed by atoms with van der Waals surface area (Å²) in [6.45, 7) is 6.10. The summed E-state index contributed by atoms with van der Waals surface area (Å²) in [5.74, 6) is -0.750. The number of imide groups is 1. The molecule has 0 aliphatic carbocycles. The molecule has 4 atom stereocenters. The molecule has 172 valence electrons. The average Bonchev–Trinajstić information content (AvgIpc) is 3.04. The van der Waals surface area contributed by atoms with Crippen LogP contribution in [0.4, 0.5) is 5.69 Å². The molecule has 2 unspecified atom stereocenters. The first-order valence-corrected chi connectivity index (χ1v) is 11.3. The molecule has 9 nitrogen and oxygen atoms in total. The van der Waals surface area contributed by atoms with E-state index in [-0.39, 0.29) is 36.6 Å². The smallest absolute Gasteiger partial charge is 0.259 e. The van der Waals surface area contributed by atoms with E-state index in [0.717, 1.165) is 13.1 Å². The fraction of sp³-hybridized carbons (Fsp3) is 0.458. The first-order chi connectivity index (χ1) is 15.8. The van der Waals surface area contributed by atoms with Crippen LogP contribution in [0.2, 0.25) is 0 Å². The zero-order valence-corrected chi connectivity index (χ0v) is 18.9. The number of pyridine rings is 1. The molecule has 1 aromatic heterocycles. The van der Waals surface area contributed by atoms with Gasteiger partial charge in [-0.05, 0) is 43.5 Å². The summed E-state index contributed by atoms with van der Waals surface area (Å²) in [4.78, 5) is 58.8. The van der Waals surface area contributed by atoms with Crippen LogP contribution in [-0.4, -0.2) is 65.7 Å². The lowest BCUT2D eigenvalue weighted by molar-refractivity contribution is -0.134. The van der Waals surface area contributed by atoms with Gasteiger partial charge in [0.1, 0.15) is 6.04 Å². The lowest BCUT2D eigenvalue weighted by Gasteiger charge is -2.40. The van der Waals surface area contributed by atoms with Gasteiger partial charge in [0.2, 0.25) is 11.8 Å². The van der Waals surface area contributed by atoms with Crippen LogP contribution in [0.15, 0.2) is 24.4 Å². The SMILES string of the molecule is C[C@@H]1CN(C)C[C@H](C)C1NC(=O)c1ccc2c3c(ccnc13)N(C1CCC(=O)NC1=O)C2=O. The lowest BCUT2D eigenvalue weighted by atomic mass is 9.85. The quantitative estimate of drug-likeness (QED) is 0.684. The van der Waals surface area contributed by atoms with E-state index in [1.165, 1.54) is 4.90 Å². The standard InChI is InChI=1S/C24H27N5O4/c1-12-10-28(3)11-13(2)20(12)27-22(31)15-5-4-14-19-16(8-9-25-21(15)19)29(24(14)33)17-6-7-18(30)26-23(17)32/h4-5,8-9,12-13,17,20H,6-7,10-11H2,1-3H3,(H,27,31)(H,26,30,32)/t12-,13+,17?,20?. The van der Waals surface area contributed by atoms with Crippen molar-refractivity contribution >= 4 is 40.2 Å². The molecular weight excluding hydrogens is 422 g/mol. The number of nitrogens with one attached hydrogen (secondary N) is 2. The third-order valence-electron chi connectivity index (χ3n) is 7.07. The van der Waals surface area contributed by atoms with Gasteiger partial charge in [0.05, 0.1) is 22.3 Å². The molecule has 2 saturated heterocycles. The predicted molar refractivity (Wildman–Crippen MR) is 122 cm³/mol. The zero-order valence-electron chi connectivity index (χ0n) is 18.9. The summed E-state index contributed by atoms with van der Waals surface area (Å²) in [6, 6.07) is 4.23. The van der Waals surface area contributed by atoms with Crippen LogP contribution < -0.4 is 15.5 Å². The summed E-state index contributed by atoms with van der Waals surface area (Å²) in [5.41, 5.74) is 1.81. The Hall–Kier alpha value is -3.33. The average molecular weight is 450 g/mol. The fourth-order valence-corrected chi connectivity index (χ4v) is 5.65. The van der Waals surface area contributed by atoms with Gasteiger partial charge in [0, 0.05) is 37.1 Å². The Morgan fingerprint density at radius 2 is 1.85 bits per heavy atom. The van der Waals surface area contributed by atoms with Crippen LogP contribution in [0.25, 0.3) is 10.9 Å². The van der Waals surface area contributed by atoms with Crippen molar-refractivity contribution in [1.29, 1.82) is 0 Å². The fourth-order valence-electron chi connectivity index (χ4n) is 5.65. The molecule has 0 saturated carbocycles. The van der Waals surface area contributed by atoms with Gasteiger partial charge in [-0.3, -0.25) is 34.4 Å². The number of likely N-dealkylation sites (tertiary alicyclic amines) is 1. The van der Waals surface area contributed by atoms with Crippen LogP contribution in [0.1, 0.15) is 47.4 Å². The van der Waals surface area contributed by atoms with Gasteiger partial charge >= 0.3 is 0 Å². The molecule has 4 heterocycles. The molecule has 2 fully saturated rings. The number of anilines is 1. The number of rotatable bonds is 3. The van der Waals surface area contributed by atoms with Gasteiger partial charge in [-0.15, -0.1) is 0 Å². The maximum atomic E-state index is 13.3. The van der Waals surface area contributed by atoms with Gasteiger partial charge in [-0.1, -0.05) is 13.8 Å². The summed E-state index contributed by atoms with van der Waals surface area (Å²) in [7, 11) is 2.09. The Kier molecular flexibility index (Phi) is 5.16. The highest BCUT2D eigenvalue weighted by Gasteiger charge is 2.41. The molecule has 9 heteroatoms. The largest absolute Gasteiger partial charge is 0.349 e. The Morgan fingerprint density at radius 1 is 1.12 bits per heavy atom. The Morgan fingerprint density at radius 3 is 2.55 bits per heavy atom. The van der Waals surface area contributed by atoms with Gasteiger partial charge in [-0.2, -0.15) is 0 Å². The van der Waals surface area contributed by atoms with Gasteiger partial charge in [0.25, 0.3) is 11.8 Å². The number of benzene rings is 1. The second kappa shape index (κ2) is 7.91. The van der Waals surface area contributed by atoms with E-state index in [0.29, 0.717) is 39.6 Å². The molecular formula is C24H27N5O4. The first-order valence-electron chi connectivity index (χ1n) is 11.3. The Balaban J connectivity index is 1.50. The molecule has 3 aliphatic heterocycles. The molecule has 0 spiro atoms. The molecule has 2 aromatic rings. The highest BCUT2D eigenvalue weighted by molar-refractivity contribution is 6.28. The number of carbonyl (C=O) groups is 4. The molecule has 5 rings (SSSR count).